The zero-order valence-electron chi connectivity index (χ0n) is 15.4. The predicted octanol–water partition coefficient (Wildman–Crippen LogP) is 4.69. The van der Waals surface area contributed by atoms with Gasteiger partial charge in [0.05, 0.1) is 22.2 Å². The first-order chi connectivity index (χ1) is 13.7. The minimum absolute atomic E-state index is 0.0661. The molecule has 1 aliphatic carbocycles. The van der Waals surface area contributed by atoms with Crippen LogP contribution in [0.5, 0.6) is 0 Å². The number of rotatable bonds is 5. The largest absolute Gasteiger partial charge is 0.341 e. The fourth-order valence-corrected chi connectivity index (χ4v) is 6.01. The van der Waals surface area contributed by atoms with E-state index >= 15 is 0 Å². The van der Waals surface area contributed by atoms with Crippen LogP contribution in [0.2, 0.25) is 0 Å². The standard InChI is InChI=1S/C21H20N4OS2/c1-2-11-25-20(26)18-13-7-3-6-10-16(13)28-19(18)24-21(25)27-12-17-22-14-8-4-5-9-15(14)23-17/h2,4-5,8-9H,1,3,6-7,10-12H2,(H,22,23). The summed E-state index contributed by atoms with van der Waals surface area (Å²) in [5.41, 5.74) is 3.28. The third kappa shape index (κ3) is 2.99. The van der Waals surface area contributed by atoms with E-state index in [-0.39, 0.29) is 5.56 Å². The van der Waals surface area contributed by atoms with Crippen LogP contribution >= 0.6 is 23.1 Å². The van der Waals surface area contributed by atoms with Crippen molar-refractivity contribution < 1.29 is 0 Å². The van der Waals surface area contributed by atoms with Gasteiger partial charge in [0.25, 0.3) is 5.56 Å². The van der Waals surface area contributed by atoms with E-state index in [9.17, 15) is 4.79 Å². The molecular formula is C21H20N4OS2. The Bertz CT molecular complexity index is 1220. The number of allylic oxidation sites excluding steroid dienone is 1. The summed E-state index contributed by atoms with van der Waals surface area (Å²) in [5, 5.41) is 1.56. The van der Waals surface area contributed by atoms with Gasteiger partial charge in [-0.1, -0.05) is 30.0 Å². The number of hydrogen-bond acceptors (Lipinski definition) is 5. The van der Waals surface area contributed by atoms with Gasteiger partial charge in [-0.15, -0.1) is 17.9 Å². The average Bonchev–Trinajstić information content (AvgIpc) is 3.29. The third-order valence-electron chi connectivity index (χ3n) is 5.13. The molecule has 28 heavy (non-hydrogen) atoms. The number of thioether (sulfide) groups is 1. The minimum Gasteiger partial charge on any atom is -0.341 e. The SMILES string of the molecule is C=CCn1c(SCc2nc3ccccc3[nH]2)nc2sc3c(c2c1=O)CCCC3. The molecule has 1 N–H and O–H groups in total. The molecule has 1 aliphatic rings. The Balaban J connectivity index is 1.54. The Morgan fingerprint density at radius 2 is 2.11 bits per heavy atom. The van der Waals surface area contributed by atoms with E-state index in [1.165, 1.54) is 16.9 Å². The molecule has 142 valence electrons. The number of benzene rings is 1. The second-order valence-corrected chi connectivity index (χ2v) is 9.01. The van der Waals surface area contributed by atoms with E-state index in [0.29, 0.717) is 12.3 Å². The molecule has 0 atom stereocenters. The lowest BCUT2D eigenvalue weighted by Crippen LogP contribution is -2.23. The van der Waals surface area contributed by atoms with Gasteiger partial charge in [-0.05, 0) is 43.4 Å². The van der Waals surface area contributed by atoms with Crippen molar-refractivity contribution in [2.75, 3.05) is 0 Å². The molecule has 0 spiro atoms. The van der Waals surface area contributed by atoms with E-state index < -0.39 is 0 Å². The number of fused-ring (bicyclic) bond motifs is 4. The average molecular weight is 409 g/mol. The molecule has 7 heteroatoms. The van der Waals surface area contributed by atoms with Gasteiger partial charge in [-0.3, -0.25) is 9.36 Å². The monoisotopic (exact) mass is 408 g/mol. The predicted molar refractivity (Wildman–Crippen MR) is 116 cm³/mol. The Kier molecular flexibility index (Phi) is 4.56. The van der Waals surface area contributed by atoms with Gasteiger partial charge < -0.3 is 4.98 Å². The van der Waals surface area contributed by atoms with Crippen molar-refractivity contribution >= 4 is 44.3 Å². The minimum atomic E-state index is 0.0661. The Morgan fingerprint density at radius 3 is 2.96 bits per heavy atom. The second-order valence-electron chi connectivity index (χ2n) is 6.98. The zero-order chi connectivity index (χ0) is 19.1. The number of aromatic nitrogens is 4. The molecule has 4 aromatic rings. The molecule has 3 heterocycles. The van der Waals surface area contributed by atoms with Crippen LogP contribution in [0.15, 0.2) is 46.9 Å². The van der Waals surface area contributed by atoms with Crippen LogP contribution in [0.3, 0.4) is 0 Å². The molecule has 0 saturated heterocycles. The summed E-state index contributed by atoms with van der Waals surface area (Å²) in [5.74, 6) is 1.52. The summed E-state index contributed by atoms with van der Waals surface area (Å²) in [6.07, 6.45) is 6.18. The van der Waals surface area contributed by atoms with Crippen molar-refractivity contribution in [1.82, 2.24) is 19.5 Å². The van der Waals surface area contributed by atoms with Crippen molar-refractivity contribution in [2.24, 2.45) is 0 Å². The summed E-state index contributed by atoms with van der Waals surface area (Å²) in [6.45, 7) is 4.29. The smallest absolute Gasteiger partial charge is 0.263 e. The lowest BCUT2D eigenvalue weighted by molar-refractivity contribution is 0.668. The molecule has 0 amide bonds. The number of nitrogens with zero attached hydrogens (tertiary/aromatic N) is 3. The van der Waals surface area contributed by atoms with Crippen LogP contribution in [0, 0.1) is 0 Å². The summed E-state index contributed by atoms with van der Waals surface area (Å²) in [6, 6.07) is 7.99. The number of aryl methyl sites for hydroxylation is 2. The van der Waals surface area contributed by atoms with Crippen LogP contribution in [0.4, 0.5) is 0 Å². The fourth-order valence-electron chi connectivity index (χ4n) is 3.83. The van der Waals surface area contributed by atoms with Crippen LogP contribution in [0.25, 0.3) is 21.3 Å². The summed E-state index contributed by atoms with van der Waals surface area (Å²) in [4.78, 5) is 28.4. The molecule has 0 bridgehead atoms. The van der Waals surface area contributed by atoms with Gasteiger partial charge in [0, 0.05) is 11.4 Å². The molecule has 5 rings (SSSR count). The lowest BCUT2D eigenvalue weighted by atomic mass is 9.97. The molecule has 0 radical (unpaired) electrons. The molecule has 0 fully saturated rings. The topological polar surface area (TPSA) is 63.6 Å². The van der Waals surface area contributed by atoms with Gasteiger partial charge in [0.1, 0.15) is 10.7 Å². The van der Waals surface area contributed by atoms with Crippen LogP contribution in [-0.4, -0.2) is 19.5 Å². The number of aromatic amines is 1. The number of hydrogen-bond donors (Lipinski definition) is 1. The van der Waals surface area contributed by atoms with Crippen LogP contribution < -0.4 is 5.56 Å². The van der Waals surface area contributed by atoms with Gasteiger partial charge in [-0.25, -0.2) is 9.97 Å². The molecule has 0 unspecified atom stereocenters. The highest BCUT2D eigenvalue weighted by Gasteiger charge is 2.22. The van der Waals surface area contributed by atoms with Crippen LogP contribution in [0.1, 0.15) is 29.1 Å². The number of H-pyrrole nitrogens is 1. The van der Waals surface area contributed by atoms with E-state index in [1.807, 2.05) is 24.3 Å². The van der Waals surface area contributed by atoms with Crippen molar-refractivity contribution in [3.8, 4) is 0 Å². The highest BCUT2D eigenvalue weighted by atomic mass is 32.2. The summed E-state index contributed by atoms with van der Waals surface area (Å²) >= 11 is 3.24. The molecule has 3 aromatic heterocycles. The van der Waals surface area contributed by atoms with E-state index in [4.69, 9.17) is 4.98 Å². The lowest BCUT2D eigenvalue weighted by Gasteiger charge is -2.12. The maximum absolute atomic E-state index is 13.3. The number of para-hydroxylation sites is 2. The Morgan fingerprint density at radius 1 is 1.25 bits per heavy atom. The van der Waals surface area contributed by atoms with E-state index in [1.54, 1.807) is 33.7 Å². The summed E-state index contributed by atoms with van der Waals surface area (Å²) < 4.78 is 1.75. The summed E-state index contributed by atoms with van der Waals surface area (Å²) in [7, 11) is 0. The number of nitrogens with one attached hydrogen (secondary N) is 1. The van der Waals surface area contributed by atoms with E-state index in [2.05, 4.69) is 16.5 Å². The first kappa shape index (κ1) is 17.7. The van der Waals surface area contributed by atoms with Gasteiger partial charge >= 0.3 is 0 Å². The van der Waals surface area contributed by atoms with Gasteiger partial charge in [0.15, 0.2) is 5.16 Å². The Labute approximate surface area is 170 Å². The van der Waals surface area contributed by atoms with Crippen molar-refractivity contribution in [2.45, 2.75) is 43.1 Å². The fraction of sp³-hybridized carbons (Fsp3) is 0.286. The highest BCUT2D eigenvalue weighted by molar-refractivity contribution is 7.98. The van der Waals surface area contributed by atoms with Gasteiger partial charge in [-0.2, -0.15) is 0 Å². The quantitative estimate of drug-likeness (QED) is 0.296. The van der Waals surface area contributed by atoms with Crippen molar-refractivity contribution in [3.05, 3.63) is 63.5 Å². The first-order valence-electron chi connectivity index (χ1n) is 9.47. The van der Waals surface area contributed by atoms with Crippen LogP contribution in [-0.2, 0) is 25.1 Å². The molecule has 1 aromatic carbocycles. The molecule has 0 saturated carbocycles. The van der Waals surface area contributed by atoms with Gasteiger partial charge in [0.2, 0.25) is 0 Å². The number of imidazole rings is 1. The number of thiophene rings is 1. The zero-order valence-corrected chi connectivity index (χ0v) is 17.0. The molecule has 5 nitrogen and oxygen atoms in total. The first-order valence-corrected chi connectivity index (χ1v) is 11.3. The molecular weight excluding hydrogens is 388 g/mol. The van der Waals surface area contributed by atoms with Crippen molar-refractivity contribution in [1.29, 1.82) is 0 Å². The maximum atomic E-state index is 13.3. The Hall–Kier alpha value is -2.38. The van der Waals surface area contributed by atoms with E-state index in [0.717, 1.165) is 51.5 Å². The van der Waals surface area contributed by atoms with Crippen molar-refractivity contribution in [3.63, 3.8) is 0 Å². The second kappa shape index (κ2) is 7.22. The molecule has 0 aliphatic heterocycles. The third-order valence-corrected chi connectivity index (χ3v) is 7.30. The highest BCUT2D eigenvalue weighted by Crippen LogP contribution is 2.35. The normalized spacial score (nSPS) is 13.9. The maximum Gasteiger partial charge on any atom is 0.263 e.